The number of rotatable bonds is 7. The number of ether oxygens (including phenoxy) is 1. The summed E-state index contributed by atoms with van der Waals surface area (Å²) in [5, 5.41) is 0.595. The van der Waals surface area contributed by atoms with Crippen molar-refractivity contribution in [3.05, 3.63) is 25.3 Å². The van der Waals surface area contributed by atoms with Crippen LogP contribution in [0, 0.1) is 0 Å². The van der Waals surface area contributed by atoms with E-state index in [0.717, 1.165) is 19.6 Å². The largest absolute Gasteiger partial charge is 0.486 e. The molecule has 0 saturated carbocycles. The van der Waals surface area contributed by atoms with Crippen LogP contribution in [0.3, 0.4) is 0 Å². The molecule has 0 aromatic rings. The zero-order valence-electron chi connectivity index (χ0n) is 8.16. The normalized spacial score (nSPS) is 9.69. The van der Waals surface area contributed by atoms with Crippen LogP contribution >= 0.6 is 12.2 Å². The van der Waals surface area contributed by atoms with Gasteiger partial charge in [0, 0.05) is 26.6 Å². The molecule has 74 valence electrons. The molecular weight excluding hydrogens is 182 g/mol. The Bertz CT molecular complexity index is 170. The van der Waals surface area contributed by atoms with Crippen molar-refractivity contribution in [3.63, 3.8) is 0 Å². The van der Waals surface area contributed by atoms with Crippen molar-refractivity contribution in [1.82, 2.24) is 4.90 Å². The molecule has 0 rings (SSSR count). The quantitative estimate of drug-likeness (QED) is 0.460. The van der Waals surface area contributed by atoms with Gasteiger partial charge in [0.25, 0.3) is 0 Å². The number of hydrogen-bond acceptors (Lipinski definition) is 3. The lowest BCUT2D eigenvalue weighted by Gasteiger charge is -2.18. The second kappa shape index (κ2) is 7.95. The highest BCUT2D eigenvalue weighted by Gasteiger charge is 1.99. The smallest absolute Gasteiger partial charge is 0.156 e. The van der Waals surface area contributed by atoms with Crippen LogP contribution in [0.2, 0.25) is 0 Å². The zero-order chi connectivity index (χ0) is 10.1. The van der Waals surface area contributed by atoms with E-state index in [-0.39, 0.29) is 0 Å². The Kier molecular flexibility index (Phi) is 7.54. The Morgan fingerprint density at radius 2 is 1.92 bits per heavy atom. The monoisotopic (exact) mass is 199 g/mol. The number of nitrogens with zero attached hydrogens (tertiary/aromatic N) is 1. The molecule has 0 aliphatic rings. The summed E-state index contributed by atoms with van der Waals surface area (Å²) >= 11 is 4.80. The third-order valence-electron chi connectivity index (χ3n) is 1.49. The molecule has 0 N–H and O–H groups in total. The lowest BCUT2D eigenvalue weighted by atomic mass is 10.4. The second-order valence-electron chi connectivity index (χ2n) is 2.68. The van der Waals surface area contributed by atoms with E-state index in [4.69, 9.17) is 17.0 Å². The zero-order valence-corrected chi connectivity index (χ0v) is 8.98. The number of hydrogen-bond donors (Lipinski definition) is 0. The van der Waals surface area contributed by atoms with E-state index in [2.05, 4.69) is 18.1 Å². The van der Waals surface area contributed by atoms with Crippen molar-refractivity contribution in [3.8, 4) is 0 Å². The third kappa shape index (κ3) is 7.68. The minimum absolute atomic E-state index is 0.595. The molecule has 0 fully saturated rings. The number of thiocarbonyl (C=S) groups is 1. The fourth-order valence-electron chi connectivity index (χ4n) is 0.941. The summed E-state index contributed by atoms with van der Waals surface area (Å²) in [5.74, 6) is 0. The van der Waals surface area contributed by atoms with Crippen LogP contribution in [0.15, 0.2) is 25.3 Å². The van der Waals surface area contributed by atoms with Crippen LogP contribution in [0.1, 0.15) is 6.92 Å². The average Bonchev–Trinajstić information content (AvgIpc) is 2.04. The van der Waals surface area contributed by atoms with E-state index in [0.29, 0.717) is 11.7 Å². The topological polar surface area (TPSA) is 12.5 Å². The van der Waals surface area contributed by atoms with E-state index in [9.17, 15) is 0 Å². The van der Waals surface area contributed by atoms with Gasteiger partial charge in [-0.2, -0.15) is 0 Å². The summed E-state index contributed by atoms with van der Waals surface area (Å²) in [7, 11) is 0. The first-order chi connectivity index (χ1) is 6.20. The molecule has 0 aliphatic carbocycles. The van der Waals surface area contributed by atoms with E-state index in [1.54, 1.807) is 6.92 Å². The van der Waals surface area contributed by atoms with Crippen LogP contribution in [-0.2, 0) is 4.74 Å². The third-order valence-corrected chi connectivity index (χ3v) is 1.61. The van der Waals surface area contributed by atoms with Gasteiger partial charge in [0.05, 0.1) is 0 Å². The van der Waals surface area contributed by atoms with Gasteiger partial charge in [-0.1, -0.05) is 12.2 Å². The predicted octanol–water partition coefficient (Wildman–Crippen LogP) is 2.02. The summed E-state index contributed by atoms with van der Waals surface area (Å²) in [5.41, 5.74) is 0. The van der Waals surface area contributed by atoms with E-state index < -0.39 is 0 Å². The molecule has 0 aliphatic heterocycles. The Labute approximate surface area is 85.9 Å². The highest BCUT2D eigenvalue weighted by Crippen LogP contribution is 1.90. The van der Waals surface area contributed by atoms with E-state index >= 15 is 0 Å². The van der Waals surface area contributed by atoms with Gasteiger partial charge in [-0.05, 0) is 12.2 Å². The maximum atomic E-state index is 5.19. The molecular formula is C10H17NOS. The van der Waals surface area contributed by atoms with Gasteiger partial charge in [0.15, 0.2) is 5.05 Å². The van der Waals surface area contributed by atoms with Crippen LogP contribution in [0.4, 0.5) is 0 Å². The van der Waals surface area contributed by atoms with Crippen molar-refractivity contribution < 1.29 is 4.74 Å². The average molecular weight is 199 g/mol. The molecule has 0 unspecified atom stereocenters. The first-order valence-electron chi connectivity index (χ1n) is 4.28. The van der Waals surface area contributed by atoms with Crippen molar-refractivity contribution in [2.24, 2.45) is 0 Å². The summed E-state index contributed by atoms with van der Waals surface area (Å²) in [6.45, 7) is 12.3. The van der Waals surface area contributed by atoms with E-state index in [1.165, 1.54) is 0 Å². The van der Waals surface area contributed by atoms with Crippen molar-refractivity contribution in [2.75, 3.05) is 26.2 Å². The lowest BCUT2D eigenvalue weighted by Crippen LogP contribution is -2.28. The van der Waals surface area contributed by atoms with Gasteiger partial charge in [-0.15, -0.1) is 13.2 Å². The van der Waals surface area contributed by atoms with Crippen molar-refractivity contribution in [2.45, 2.75) is 6.92 Å². The summed E-state index contributed by atoms with van der Waals surface area (Å²) < 4.78 is 5.19. The molecule has 0 aromatic carbocycles. The highest BCUT2D eigenvalue weighted by atomic mass is 32.1. The summed E-state index contributed by atoms with van der Waals surface area (Å²) in [4.78, 5) is 2.18. The molecule has 0 saturated heterocycles. The van der Waals surface area contributed by atoms with Crippen LogP contribution in [0.5, 0.6) is 0 Å². The summed E-state index contributed by atoms with van der Waals surface area (Å²) in [6, 6.07) is 0. The minimum atomic E-state index is 0.595. The molecule has 0 heterocycles. The summed E-state index contributed by atoms with van der Waals surface area (Å²) in [6.07, 6.45) is 3.74. The molecule has 0 aromatic heterocycles. The Hall–Kier alpha value is -0.670. The highest BCUT2D eigenvalue weighted by molar-refractivity contribution is 7.80. The van der Waals surface area contributed by atoms with Crippen LogP contribution < -0.4 is 0 Å². The van der Waals surface area contributed by atoms with Gasteiger partial charge < -0.3 is 4.74 Å². The molecule has 0 amide bonds. The van der Waals surface area contributed by atoms with Crippen LogP contribution in [0.25, 0.3) is 0 Å². The Morgan fingerprint density at radius 3 is 2.31 bits per heavy atom. The molecule has 3 heteroatoms. The Morgan fingerprint density at radius 1 is 1.38 bits per heavy atom. The van der Waals surface area contributed by atoms with Gasteiger partial charge in [-0.3, -0.25) is 4.90 Å². The lowest BCUT2D eigenvalue weighted by molar-refractivity contribution is 0.231. The van der Waals surface area contributed by atoms with Gasteiger partial charge >= 0.3 is 0 Å². The molecule has 13 heavy (non-hydrogen) atoms. The minimum Gasteiger partial charge on any atom is -0.486 e. The molecule has 0 radical (unpaired) electrons. The van der Waals surface area contributed by atoms with Crippen molar-refractivity contribution >= 4 is 17.3 Å². The molecule has 2 nitrogen and oxygen atoms in total. The molecule has 0 bridgehead atoms. The predicted molar refractivity (Wildman–Crippen MR) is 61.1 cm³/mol. The van der Waals surface area contributed by atoms with Gasteiger partial charge in [0.2, 0.25) is 0 Å². The standard InChI is InChI=1S/C10H17NOS/c1-4-6-11(7-5-2)8-9-12-10(3)13/h4-5H,1-2,6-9H2,3H3. The van der Waals surface area contributed by atoms with E-state index in [1.807, 2.05) is 12.2 Å². The fraction of sp³-hybridized carbons (Fsp3) is 0.500. The Balaban J connectivity index is 3.60. The van der Waals surface area contributed by atoms with Crippen LogP contribution in [-0.4, -0.2) is 36.2 Å². The molecule has 0 spiro atoms. The molecule has 0 atom stereocenters. The van der Waals surface area contributed by atoms with Crippen molar-refractivity contribution in [1.29, 1.82) is 0 Å². The van der Waals surface area contributed by atoms with Gasteiger partial charge in [-0.25, -0.2) is 0 Å². The maximum absolute atomic E-state index is 5.19. The maximum Gasteiger partial charge on any atom is 0.156 e. The first kappa shape index (κ1) is 12.3. The fourth-order valence-corrected chi connectivity index (χ4v) is 1.02. The van der Waals surface area contributed by atoms with Gasteiger partial charge in [0.1, 0.15) is 6.61 Å². The second-order valence-corrected chi connectivity index (χ2v) is 3.25. The SMILES string of the molecule is C=CCN(CC=C)CCOC(C)=S. The first-order valence-corrected chi connectivity index (χ1v) is 4.69.